The first-order valence-electron chi connectivity index (χ1n) is 10.9. The molecule has 1 amide bonds. The lowest BCUT2D eigenvalue weighted by Crippen LogP contribution is -2.53. The molecule has 6 heteroatoms. The molecule has 2 N–H and O–H groups in total. The van der Waals surface area contributed by atoms with Crippen molar-refractivity contribution in [2.45, 2.75) is 50.9 Å². The summed E-state index contributed by atoms with van der Waals surface area (Å²) in [6.45, 7) is 8.81. The van der Waals surface area contributed by atoms with Gasteiger partial charge in [-0.05, 0) is 70.0 Å². The average molecular weight is 410 g/mol. The van der Waals surface area contributed by atoms with Gasteiger partial charge in [-0.3, -0.25) is 9.78 Å². The molecule has 0 saturated carbocycles. The molecule has 2 atom stereocenters. The molecule has 3 aliphatic rings. The van der Waals surface area contributed by atoms with Crippen LogP contribution in [0.15, 0.2) is 48.2 Å². The van der Waals surface area contributed by atoms with Gasteiger partial charge < -0.3 is 20.1 Å². The SMILES string of the molecule is CCN(CC)C(=O)c1ccc(C2=CC3(CCNCC3)OC3C2=CC=CC3(C)O)cn1. The van der Waals surface area contributed by atoms with E-state index in [4.69, 9.17) is 4.74 Å². The highest BCUT2D eigenvalue weighted by Gasteiger charge is 2.46. The van der Waals surface area contributed by atoms with Gasteiger partial charge in [0, 0.05) is 24.8 Å². The number of pyridine rings is 1. The molecule has 4 rings (SSSR count). The standard InChI is InChI=1S/C24H31N3O3/c1-4-27(5-2)22(28)20-9-8-17(16-26-20)19-15-24(11-13-25-14-12-24)30-21-18(19)7-6-10-23(21,3)29/h6-10,15-16,21,25,29H,4-5,11-14H2,1-3H3. The number of piperidine rings is 1. The Labute approximate surface area is 178 Å². The van der Waals surface area contributed by atoms with E-state index in [1.54, 1.807) is 30.2 Å². The van der Waals surface area contributed by atoms with Crippen molar-refractivity contribution in [3.8, 4) is 0 Å². The Balaban J connectivity index is 1.72. The predicted octanol–water partition coefficient (Wildman–Crippen LogP) is 2.72. The molecule has 30 heavy (non-hydrogen) atoms. The Hall–Kier alpha value is -2.28. The Morgan fingerprint density at radius 3 is 2.67 bits per heavy atom. The Kier molecular flexibility index (Phi) is 5.66. The summed E-state index contributed by atoms with van der Waals surface area (Å²) in [6.07, 6.45) is 10.9. The molecular weight excluding hydrogens is 378 g/mol. The van der Waals surface area contributed by atoms with Crippen LogP contribution in [0.5, 0.6) is 0 Å². The fraction of sp³-hybridized carbons (Fsp3) is 0.500. The minimum Gasteiger partial charge on any atom is -0.383 e. The second-order valence-electron chi connectivity index (χ2n) is 8.49. The molecule has 0 aromatic carbocycles. The van der Waals surface area contributed by atoms with Crippen molar-refractivity contribution >= 4 is 11.5 Å². The van der Waals surface area contributed by atoms with Crippen molar-refractivity contribution in [3.63, 3.8) is 0 Å². The number of carbonyl (C=O) groups excluding carboxylic acids is 1. The van der Waals surface area contributed by atoms with Crippen molar-refractivity contribution in [3.05, 3.63) is 59.5 Å². The molecule has 0 bridgehead atoms. The summed E-state index contributed by atoms with van der Waals surface area (Å²) in [6, 6.07) is 3.76. The van der Waals surface area contributed by atoms with Gasteiger partial charge in [-0.25, -0.2) is 0 Å². The zero-order valence-electron chi connectivity index (χ0n) is 18.0. The third-order valence-corrected chi connectivity index (χ3v) is 6.39. The van der Waals surface area contributed by atoms with Crippen LogP contribution in [0.4, 0.5) is 0 Å². The van der Waals surface area contributed by atoms with E-state index in [1.165, 1.54) is 0 Å². The van der Waals surface area contributed by atoms with Gasteiger partial charge in [0.05, 0.1) is 5.60 Å². The van der Waals surface area contributed by atoms with Crippen LogP contribution in [0.3, 0.4) is 0 Å². The largest absolute Gasteiger partial charge is 0.383 e. The average Bonchev–Trinajstić information content (AvgIpc) is 2.75. The smallest absolute Gasteiger partial charge is 0.272 e. The molecule has 1 spiro atoms. The van der Waals surface area contributed by atoms with Crippen molar-refractivity contribution in [1.29, 1.82) is 0 Å². The third-order valence-electron chi connectivity index (χ3n) is 6.39. The number of rotatable bonds is 4. The lowest BCUT2D eigenvalue weighted by atomic mass is 9.76. The summed E-state index contributed by atoms with van der Waals surface area (Å²) in [7, 11) is 0. The third kappa shape index (κ3) is 3.75. The van der Waals surface area contributed by atoms with Gasteiger partial charge in [0.15, 0.2) is 0 Å². The summed E-state index contributed by atoms with van der Waals surface area (Å²) in [4.78, 5) is 18.9. The predicted molar refractivity (Wildman–Crippen MR) is 117 cm³/mol. The van der Waals surface area contributed by atoms with Gasteiger partial charge in [0.1, 0.15) is 17.4 Å². The first-order valence-corrected chi connectivity index (χ1v) is 10.9. The monoisotopic (exact) mass is 409 g/mol. The van der Waals surface area contributed by atoms with Crippen LogP contribution in [0.1, 0.15) is 49.7 Å². The normalized spacial score (nSPS) is 27.3. The summed E-state index contributed by atoms with van der Waals surface area (Å²) in [5.74, 6) is -0.0528. The van der Waals surface area contributed by atoms with Crippen LogP contribution < -0.4 is 5.32 Å². The molecule has 0 radical (unpaired) electrons. The molecule has 1 saturated heterocycles. The Morgan fingerprint density at radius 2 is 2.03 bits per heavy atom. The van der Waals surface area contributed by atoms with Crippen molar-refractivity contribution in [2.24, 2.45) is 0 Å². The number of allylic oxidation sites excluding steroid dienone is 2. The van der Waals surface area contributed by atoms with E-state index < -0.39 is 17.3 Å². The summed E-state index contributed by atoms with van der Waals surface area (Å²) < 4.78 is 6.54. The minimum absolute atomic E-state index is 0.0528. The zero-order chi connectivity index (χ0) is 21.4. The van der Waals surface area contributed by atoms with Crippen molar-refractivity contribution in [1.82, 2.24) is 15.2 Å². The number of nitrogens with zero attached hydrogens (tertiary/aromatic N) is 2. The van der Waals surface area contributed by atoms with E-state index in [-0.39, 0.29) is 5.91 Å². The first kappa shape index (κ1) is 21.0. The Morgan fingerprint density at radius 1 is 1.30 bits per heavy atom. The highest BCUT2D eigenvalue weighted by molar-refractivity contribution is 5.93. The van der Waals surface area contributed by atoms with E-state index in [2.05, 4.69) is 16.4 Å². The summed E-state index contributed by atoms with van der Waals surface area (Å²) in [5.41, 5.74) is 1.90. The van der Waals surface area contributed by atoms with Gasteiger partial charge >= 0.3 is 0 Å². The second kappa shape index (κ2) is 8.10. The van der Waals surface area contributed by atoms with E-state index in [9.17, 15) is 9.90 Å². The maximum Gasteiger partial charge on any atom is 0.272 e. The highest BCUT2D eigenvalue weighted by atomic mass is 16.5. The lowest BCUT2D eigenvalue weighted by Gasteiger charge is -2.47. The van der Waals surface area contributed by atoms with E-state index >= 15 is 0 Å². The minimum atomic E-state index is -1.08. The molecule has 1 aromatic rings. The number of fused-ring (bicyclic) bond motifs is 1. The van der Waals surface area contributed by atoms with E-state index in [1.807, 2.05) is 32.1 Å². The summed E-state index contributed by atoms with van der Waals surface area (Å²) >= 11 is 0. The number of carbonyl (C=O) groups is 1. The number of hydrogen-bond donors (Lipinski definition) is 2. The van der Waals surface area contributed by atoms with Gasteiger partial charge in [-0.15, -0.1) is 0 Å². The van der Waals surface area contributed by atoms with Crippen LogP contribution in [0.25, 0.3) is 5.57 Å². The maximum absolute atomic E-state index is 12.6. The zero-order valence-corrected chi connectivity index (χ0v) is 18.0. The van der Waals surface area contributed by atoms with Crippen LogP contribution in [-0.4, -0.2) is 64.4 Å². The number of hydrogen-bond acceptors (Lipinski definition) is 5. The molecule has 3 heterocycles. The fourth-order valence-electron chi connectivity index (χ4n) is 4.58. The first-order chi connectivity index (χ1) is 14.4. The van der Waals surface area contributed by atoms with E-state index in [0.29, 0.717) is 18.8 Å². The molecule has 1 aromatic heterocycles. The van der Waals surface area contributed by atoms with E-state index in [0.717, 1.165) is 42.6 Å². The second-order valence-corrected chi connectivity index (χ2v) is 8.49. The summed E-state index contributed by atoms with van der Waals surface area (Å²) in [5, 5.41) is 14.4. The van der Waals surface area contributed by atoms with Crippen LogP contribution in [-0.2, 0) is 4.74 Å². The molecule has 1 aliphatic carbocycles. The number of aliphatic hydroxyl groups is 1. The van der Waals surface area contributed by atoms with Crippen molar-refractivity contribution < 1.29 is 14.6 Å². The van der Waals surface area contributed by atoms with Crippen LogP contribution in [0.2, 0.25) is 0 Å². The highest BCUT2D eigenvalue weighted by Crippen LogP contribution is 2.45. The van der Waals surface area contributed by atoms with Crippen LogP contribution >= 0.6 is 0 Å². The van der Waals surface area contributed by atoms with Gasteiger partial charge in [0.2, 0.25) is 0 Å². The molecular formula is C24H31N3O3. The number of nitrogens with one attached hydrogen (secondary N) is 1. The molecule has 2 unspecified atom stereocenters. The Bertz CT molecular complexity index is 889. The fourth-order valence-corrected chi connectivity index (χ4v) is 4.58. The maximum atomic E-state index is 12.6. The van der Waals surface area contributed by atoms with Crippen LogP contribution in [0, 0.1) is 0 Å². The number of amides is 1. The van der Waals surface area contributed by atoms with Gasteiger partial charge in [-0.2, -0.15) is 0 Å². The lowest BCUT2D eigenvalue weighted by molar-refractivity contribution is -0.130. The van der Waals surface area contributed by atoms with Crippen molar-refractivity contribution in [2.75, 3.05) is 26.2 Å². The van der Waals surface area contributed by atoms with Gasteiger partial charge in [-0.1, -0.05) is 24.3 Å². The number of aromatic nitrogens is 1. The molecule has 6 nitrogen and oxygen atoms in total. The topological polar surface area (TPSA) is 74.7 Å². The number of ether oxygens (including phenoxy) is 1. The van der Waals surface area contributed by atoms with Gasteiger partial charge in [0.25, 0.3) is 5.91 Å². The molecule has 160 valence electrons. The molecule has 1 fully saturated rings. The quantitative estimate of drug-likeness (QED) is 0.800. The molecule has 2 aliphatic heterocycles.